The fraction of sp³-hybridized carbons (Fsp3) is 0.655. The molecule has 0 aliphatic carbocycles. The molecule has 0 bridgehead atoms. The third kappa shape index (κ3) is 18.2. The number of aliphatic hydroxyl groups excluding tert-OH is 5. The van der Waals surface area contributed by atoms with Gasteiger partial charge >= 0.3 is 12.1 Å². The molecule has 2 aromatic rings. The molecule has 84 heavy (non-hydrogen) atoms. The van der Waals surface area contributed by atoms with Gasteiger partial charge in [-0.15, -0.1) is 0 Å². The number of aliphatic carboxylic acids is 1. The van der Waals surface area contributed by atoms with Crippen LogP contribution in [0.1, 0.15) is 105 Å². The van der Waals surface area contributed by atoms with E-state index in [4.69, 9.17) is 28.8 Å². The zero-order valence-electron chi connectivity index (χ0n) is 50.1. The fourth-order valence-corrected chi connectivity index (χ4v) is 10.7. The molecule has 0 aromatic heterocycles. The lowest BCUT2D eigenvalue weighted by Crippen LogP contribution is -2.61. The van der Waals surface area contributed by atoms with Gasteiger partial charge in [-0.05, 0) is 60.8 Å². The number of methoxy groups -OCH3 is 2. The van der Waals surface area contributed by atoms with Crippen molar-refractivity contribution in [3.63, 3.8) is 0 Å². The SMILES string of the molecule is CC[C@H](C)[C@@H]([C@@H](CC(=O)N1CCC[C@H]1[C@H](OC)[C@@H](C)C(=O)N[C@H](C)[C@@H](O)c1ccccc1)OC)N(C)C(=O)[C@@H](NC(=O)[C@H](C(C)C)N(C)C(=O)OCc1ccc(O[C@@H]2O[C@H](C(=O)O)[C@@H](O)[C@H](O)[C@H]2O)c(NC(=O)CCNC(=O)CO)c1)C(C)C. The van der Waals surface area contributed by atoms with Crippen LogP contribution in [0.25, 0.3) is 0 Å². The summed E-state index contributed by atoms with van der Waals surface area (Å²) >= 11 is 0. The number of carbonyl (C=O) groups is 8. The fourth-order valence-electron chi connectivity index (χ4n) is 10.7. The van der Waals surface area contributed by atoms with Crippen molar-refractivity contribution in [1.82, 2.24) is 30.7 Å². The summed E-state index contributed by atoms with van der Waals surface area (Å²) in [4.78, 5) is 112. The normalized spacial score (nSPS) is 22.0. The molecule has 0 radical (unpaired) electrons. The first-order valence-corrected chi connectivity index (χ1v) is 28.4. The number of benzene rings is 2. The van der Waals surface area contributed by atoms with Crippen LogP contribution in [0, 0.1) is 23.7 Å². The molecule has 26 nitrogen and oxygen atoms in total. The first kappa shape index (κ1) is 70.0. The lowest BCUT2D eigenvalue weighted by molar-refractivity contribution is -0.271. The summed E-state index contributed by atoms with van der Waals surface area (Å²) in [5.41, 5.74) is 0.773. The van der Waals surface area contributed by atoms with E-state index in [1.807, 2.05) is 19.9 Å². The second-order valence-corrected chi connectivity index (χ2v) is 22.3. The van der Waals surface area contributed by atoms with Gasteiger partial charge in [0.1, 0.15) is 49.4 Å². The van der Waals surface area contributed by atoms with Crippen LogP contribution in [0.3, 0.4) is 0 Å². The molecule has 0 spiro atoms. The Labute approximate surface area is 490 Å². The highest BCUT2D eigenvalue weighted by molar-refractivity contribution is 5.93. The molecule has 10 N–H and O–H groups in total. The minimum absolute atomic E-state index is 0.121. The van der Waals surface area contributed by atoms with Crippen molar-refractivity contribution >= 4 is 53.2 Å². The summed E-state index contributed by atoms with van der Waals surface area (Å²) in [7, 11) is 5.92. The van der Waals surface area contributed by atoms with E-state index in [1.54, 1.807) is 77.8 Å². The third-order valence-corrected chi connectivity index (χ3v) is 15.6. The van der Waals surface area contributed by atoms with Gasteiger partial charge in [0, 0.05) is 47.8 Å². The largest absolute Gasteiger partial charge is 0.479 e. The van der Waals surface area contributed by atoms with E-state index in [0.29, 0.717) is 31.4 Å². The maximum Gasteiger partial charge on any atom is 0.410 e. The summed E-state index contributed by atoms with van der Waals surface area (Å²) in [6, 6.07) is 8.92. The highest BCUT2D eigenvalue weighted by Crippen LogP contribution is 2.33. The summed E-state index contributed by atoms with van der Waals surface area (Å²) < 4.78 is 28.6. The highest BCUT2D eigenvalue weighted by Gasteiger charge is 2.49. The maximum atomic E-state index is 14.8. The van der Waals surface area contributed by atoms with Crippen LogP contribution in [0.15, 0.2) is 48.5 Å². The predicted octanol–water partition coefficient (Wildman–Crippen LogP) is 1.29. The number of carboxylic acid groups (broad SMARTS) is 1. The maximum absolute atomic E-state index is 14.8. The van der Waals surface area contributed by atoms with Gasteiger partial charge in [-0.1, -0.05) is 91.3 Å². The van der Waals surface area contributed by atoms with E-state index in [0.717, 1.165) is 4.90 Å². The first-order chi connectivity index (χ1) is 39.6. The van der Waals surface area contributed by atoms with Crippen molar-refractivity contribution in [1.29, 1.82) is 0 Å². The monoisotopic (exact) mass is 1190 g/mol. The molecular weight excluding hydrogens is 1100 g/mol. The Morgan fingerprint density at radius 2 is 1.49 bits per heavy atom. The molecule has 2 aliphatic heterocycles. The van der Waals surface area contributed by atoms with E-state index < -0.39 is 146 Å². The zero-order chi connectivity index (χ0) is 62.9. The van der Waals surface area contributed by atoms with Crippen LogP contribution in [0.5, 0.6) is 5.75 Å². The molecule has 0 unspecified atom stereocenters. The molecule has 2 heterocycles. The Morgan fingerprint density at radius 3 is 2.07 bits per heavy atom. The Kier molecular flexibility index (Phi) is 27.2. The second kappa shape index (κ2) is 32.7. The van der Waals surface area contributed by atoms with Crippen molar-refractivity contribution in [2.75, 3.05) is 53.3 Å². The molecule has 4 rings (SSSR count). The summed E-state index contributed by atoms with van der Waals surface area (Å²) in [6.07, 6.45) is -11.9. The number of aliphatic hydroxyl groups is 5. The van der Waals surface area contributed by atoms with Gasteiger partial charge in [-0.25, -0.2) is 9.59 Å². The number of ether oxygens (including phenoxy) is 5. The molecule has 0 saturated carbocycles. The van der Waals surface area contributed by atoms with Crippen LogP contribution in [-0.4, -0.2) is 214 Å². The Balaban J connectivity index is 1.48. The molecule has 7 amide bonds. The van der Waals surface area contributed by atoms with Gasteiger partial charge in [0.15, 0.2) is 6.10 Å². The van der Waals surface area contributed by atoms with E-state index in [1.165, 1.54) is 44.4 Å². The quantitative estimate of drug-likeness (QED) is 0.0527. The van der Waals surface area contributed by atoms with Crippen LogP contribution in [-0.2, 0) is 59.1 Å². The number of anilines is 1. The minimum atomic E-state index is -2.01. The predicted molar refractivity (Wildman–Crippen MR) is 303 cm³/mol. The van der Waals surface area contributed by atoms with E-state index in [2.05, 4.69) is 21.3 Å². The van der Waals surface area contributed by atoms with Gasteiger partial charge in [0.05, 0.1) is 54.5 Å². The van der Waals surface area contributed by atoms with Crippen LogP contribution in [0.2, 0.25) is 0 Å². The average molecular weight is 1190 g/mol. The molecule has 2 saturated heterocycles. The Morgan fingerprint density at radius 1 is 0.821 bits per heavy atom. The van der Waals surface area contributed by atoms with Gasteiger partial charge in [-0.2, -0.15) is 0 Å². The Hall–Kier alpha value is -6.52. The molecule has 470 valence electrons. The number of hydrogen-bond acceptors (Lipinski definition) is 18. The van der Waals surface area contributed by atoms with Crippen molar-refractivity contribution in [2.24, 2.45) is 23.7 Å². The van der Waals surface area contributed by atoms with Gasteiger partial charge < -0.3 is 85.4 Å². The van der Waals surface area contributed by atoms with Crippen LogP contribution < -0.4 is 26.0 Å². The molecular formula is C58H89N7O19. The smallest absolute Gasteiger partial charge is 0.410 e. The summed E-state index contributed by atoms with van der Waals surface area (Å²) in [6.45, 7) is 13.2. The minimum Gasteiger partial charge on any atom is -0.479 e. The molecule has 2 fully saturated rings. The molecule has 26 heteroatoms. The number of amides is 7. The van der Waals surface area contributed by atoms with Crippen molar-refractivity contribution in [3.8, 4) is 5.75 Å². The summed E-state index contributed by atoms with van der Waals surface area (Å²) in [5, 5.41) is 71.3. The van der Waals surface area contributed by atoms with E-state index in [9.17, 15) is 63.9 Å². The number of rotatable bonds is 30. The van der Waals surface area contributed by atoms with Crippen molar-refractivity contribution < 1.29 is 92.7 Å². The number of likely N-dealkylation sites (tertiary alicyclic amines) is 1. The second-order valence-electron chi connectivity index (χ2n) is 22.3. The zero-order valence-corrected chi connectivity index (χ0v) is 50.1. The third-order valence-electron chi connectivity index (χ3n) is 15.6. The van der Waals surface area contributed by atoms with Crippen molar-refractivity contribution in [2.45, 2.75) is 173 Å². The number of carboxylic acids is 1. The van der Waals surface area contributed by atoms with Crippen molar-refractivity contribution in [3.05, 3.63) is 59.7 Å². The Bertz CT molecular complexity index is 2520. The molecule has 2 aliphatic rings. The first-order valence-electron chi connectivity index (χ1n) is 28.4. The van der Waals surface area contributed by atoms with Crippen LogP contribution >= 0.6 is 0 Å². The topological polar surface area (TPSA) is 362 Å². The number of hydrogen-bond donors (Lipinski definition) is 10. The van der Waals surface area contributed by atoms with Gasteiger partial charge in [0.2, 0.25) is 41.7 Å². The number of nitrogens with zero attached hydrogens (tertiary/aromatic N) is 3. The summed E-state index contributed by atoms with van der Waals surface area (Å²) in [5.74, 6) is -6.97. The lowest BCUT2D eigenvalue weighted by atomic mass is 9.89. The number of nitrogens with one attached hydrogen (secondary N) is 4. The van der Waals surface area contributed by atoms with Gasteiger partial charge in [0.25, 0.3) is 0 Å². The van der Waals surface area contributed by atoms with Gasteiger partial charge in [-0.3, -0.25) is 33.7 Å². The van der Waals surface area contributed by atoms with E-state index in [-0.39, 0.29) is 54.1 Å². The number of likely N-dealkylation sites (N-methyl/N-ethyl adjacent to an activating group) is 2. The van der Waals surface area contributed by atoms with Crippen LogP contribution in [0.4, 0.5) is 10.5 Å². The van der Waals surface area contributed by atoms with E-state index >= 15 is 0 Å². The average Bonchev–Trinajstić information content (AvgIpc) is 2.90. The number of carbonyl (C=O) groups excluding carboxylic acids is 7. The molecule has 15 atom stereocenters. The standard InChI is InChI=1S/C58H89N7O19/c1-13-32(6)46(40(80-11)27-43(69)65-25-17-20-38(65)51(81-12)33(7)53(74)60-34(8)47(70)36-18-15-14-16-19-36)63(9)55(76)44(30(2)3)62-54(75)45(31(4)5)64(10)58(79)82-29-35-21-22-39(37(26-35)61-41(67)23-24-59-42(68)28-66)83-57-50(73)48(71)49(72)52(84-57)56(77)78/h14-16,18-19,21-22,26,30-34,38,40,44-52,57,66,70-73H,13,17,20,23-25,27-29H2,1-12H3,(H,59,68)(H,60,74)(H,61,67)(H,62,75)(H,77,78)/t32-,33+,34+,38-,40+,44-,45-,46-,47+,48-,49-,50+,51+,52-,57+/m0/s1. The molecule has 2 aromatic carbocycles. The lowest BCUT2D eigenvalue weighted by Gasteiger charge is -2.41. The highest BCUT2D eigenvalue weighted by atomic mass is 16.7.